The standard InChI is InChI=1S/C12H12ClN3O2S/c1-14-12-11(13)7-10(8-15-12)19(17,18)16-9-5-3-2-4-6-9/h2-8,16H,1H3,(H,14,15). The first-order valence-electron chi connectivity index (χ1n) is 5.44. The van der Waals surface area contributed by atoms with Gasteiger partial charge < -0.3 is 5.32 Å². The van der Waals surface area contributed by atoms with Crippen molar-refractivity contribution in [3.05, 3.63) is 47.6 Å². The molecule has 1 aromatic carbocycles. The molecule has 0 spiro atoms. The van der Waals surface area contributed by atoms with Gasteiger partial charge in [0.25, 0.3) is 10.0 Å². The Morgan fingerprint density at radius 1 is 1.21 bits per heavy atom. The second-order valence-corrected chi connectivity index (χ2v) is 5.81. The Morgan fingerprint density at radius 2 is 1.89 bits per heavy atom. The largest absolute Gasteiger partial charge is 0.372 e. The number of hydrogen-bond acceptors (Lipinski definition) is 4. The summed E-state index contributed by atoms with van der Waals surface area (Å²) < 4.78 is 26.7. The smallest absolute Gasteiger partial charge is 0.263 e. The van der Waals surface area contributed by atoms with Crippen LogP contribution in [0.25, 0.3) is 0 Å². The minimum Gasteiger partial charge on any atom is -0.372 e. The number of nitrogens with zero attached hydrogens (tertiary/aromatic N) is 1. The lowest BCUT2D eigenvalue weighted by atomic mass is 10.3. The van der Waals surface area contributed by atoms with E-state index in [2.05, 4.69) is 15.0 Å². The quantitative estimate of drug-likeness (QED) is 0.910. The summed E-state index contributed by atoms with van der Waals surface area (Å²) in [5, 5.41) is 3.01. The zero-order valence-electron chi connectivity index (χ0n) is 10.1. The van der Waals surface area contributed by atoms with Gasteiger partial charge in [0.1, 0.15) is 10.7 Å². The van der Waals surface area contributed by atoms with Gasteiger partial charge in [0.2, 0.25) is 0 Å². The normalized spacial score (nSPS) is 11.1. The molecule has 1 aromatic heterocycles. The maximum Gasteiger partial charge on any atom is 0.263 e. The Labute approximate surface area is 116 Å². The molecule has 2 aromatic rings. The van der Waals surface area contributed by atoms with E-state index >= 15 is 0 Å². The first-order valence-corrected chi connectivity index (χ1v) is 7.30. The summed E-state index contributed by atoms with van der Waals surface area (Å²) in [7, 11) is -2.03. The van der Waals surface area contributed by atoms with E-state index in [4.69, 9.17) is 11.6 Å². The van der Waals surface area contributed by atoms with Crippen molar-refractivity contribution in [3.8, 4) is 0 Å². The van der Waals surface area contributed by atoms with Crippen LogP contribution in [0.15, 0.2) is 47.5 Å². The molecule has 0 fully saturated rings. The van der Waals surface area contributed by atoms with Crippen LogP contribution in [0.3, 0.4) is 0 Å². The highest BCUT2D eigenvalue weighted by molar-refractivity contribution is 7.92. The molecule has 0 amide bonds. The molecule has 0 aliphatic carbocycles. The van der Waals surface area contributed by atoms with Crippen molar-refractivity contribution in [2.24, 2.45) is 0 Å². The minimum absolute atomic E-state index is 0.0142. The van der Waals surface area contributed by atoms with Crippen molar-refractivity contribution in [1.29, 1.82) is 0 Å². The highest BCUT2D eigenvalue weighted by Gasteiger charge is 2.16. The van der Waals surface area contributed by atoms with Crippen molar-refractivity contribution in [3.63, 3.8) is 0 Å². The third-order valence-electron chi connectivity index (χ3n) is 2.39. The second-order valence-electron chi connectivity index (χ2n) is 3.72. The Hall–Kier alpha value is -1.79. The van der Waals surface area contributed by atoms with Crippen molar-refractivity contribution in [2.45, 2.75) is 4.90 Å². The number of anilines is 2. The van der Waals surface area contributed by atoms with E-state index in [0.717, 1.165) is 0 Å². The average molecular weight is 298 g/mol. The molecule has 0 bridgehead atoms. The molecule has 2 rings (SSSR count). The van der Waals surface area contributed by atoms with Crippen LogP contribution < -0.4 is 10.0 Å². The van der Waals surface area contributed by atoms with E-state index in [-0.39, 0.29) is 9.92 Å². The van der Waals surface area contributed by atoms with E-state index in [0.29, 0.717) is 11.5 Å². The topological polar surface area (TPSA) is 71.1 Å². The van der Waals surface area contributed by atoms with Gasteiger partial charge in [0, 0.05) is 18.9 Å². The molecule has 19 heavy (non-hydrogen) atoms. The third kappa shape index (κ3) is 3.15. The number of aromatic nitrogens is 1. The van der Waals surface area contributed by atoms with Gasteiger partial charge in [-0.05, 0) is 18.2 Å². The second kappa shape index (κ2) is 5.46. The van der Waals surface area contributed by atoms with E-state index in [1.807, 2.05) is 0 Å². The Kier molecular flexibility index (Phi) is 3.92. The van der Waals surface area contributed by atoms with E-state index in [1.165, 1.54) is 12.3 Å². The van der Waals surface area contributed by atoms with Crippen LogP contribution in [0.1, 0.15) is 0 Å². The van der Waals surface area contributed by atoms with Crippen molar-refractivity contribution in [2.75, 3.05) is 17.1 Å². The molecule has 0 aliphatic rings. The van der Waals surface area contributed by atoms with Crippen LogP contribution in [0.4, 0.5) is 11.5 Å². The predicted octanol–water partition coefficient (Wildman–Crippen LogP) is 2.58. The van der Waals surface area contributed by atoms with Crippen molar-refractivity contribution in [1.82, 2.24) is 4.98 Å². The summed E-state index contributed by atoms with van der Waals surface area (Å²) in [6, 6.07) is 9.97. The lowest BCUT2D eigenvalue weighted by Crippen LogP contribution is -2.13. The van der Waals surface area contributed by atoms with E-state index < -0.39 is 10.0 Å². The fourth-order valence-corrected chi connectivity index (χ4v) is 2.83. The third-order valence-corrected chi connectivity index (χ3v) is 4.03. The number of nitrogens with one attached hydrogen (secondary N) is 2. The molecule has 0 aliphatic heterocycles. The summed E-state index contributed by atoms with van der Waals surface area (Å²) in [4.78, 5) is 3.96. The minimum atomic E-state index is -3.69. The van der Waals surface area contributed by atoms with Gasteiger partial charge >= 0.3 is 0 Å². The zero-order valence-corrected chi connectivity index (χ0v) is 11.7. The number of hydrogen-bond donors (Lipinski definition) is 2. The van der Waals surface area contributed by atoms with Gasteiger partial charge in [0.05, 0.1) is 5.02 Å². The van der Waals surface area contributed by atoms with Crippen LogP contribution in [0.2, 0.25) is 5.02 Å². The number of sulfonamides is 1. The summed E-state index contributed by atoms with van der Waals surface area (Å²) in [6.45, 7) is 0. The van der Waals surface area contributed by atoms with Crippen molar-refractivity contribution < 1.29 is 8.42 Å². The fraction of sp³-hybridized carbons (Fsp3) is 0.0833. The van der Waals surface area contributed by atoms with E-state index in [9.17, 15) is 8.42 Å². The molecule has 2 N–H and O–H groups in total. The molecule has 5 nitrogen and oxygen atoms in total. The lowest BCUT2D eigenvalue weighted by molar-refractivity contribution is 0.601. The van der Waals surface area contributed by atoms with E-state index in [1.54, 1.807) is 37.4 Å². The monoisotopic (exact) mass is 297 g/mol. The maximum atomic E-state index is 12.1. The molecule has 1 heterocycles. The number of pyridine rings is 1. The van der Waals surface area contributed by atoms with Gasteiger partial charge in [-0.2, -0.15) is 0 Å². The molecular formula is C12H12ClN3O2S. The summed E-state index contributed by atoms with van der Waals surface area (Å²) in [5.74, 6) is 0.431. The van der Waals surface area contributed by atoms with Crippen LogP contribution in [0.5, 0.6) is 0 Å². The number of benzene rings is 1. The molecule has 100 valence electrons. The first-order chi connectivity index (χ1) is 9.03. The first kappa shape index (κ1) is 13.6. The van der Waals surface area contributed by atoms with Gasteiger partial charge in [-0.1, -0.05) is 29.8 Å². The molecular weight excluding hydrogens is 286 g/mol. The summed E-state index contributed by atoms with van der Waals surface area (Å²) in [5.41, 5.74) is 0.483. The average Bonchev–Trinajstić information content (AvgIpc) is 2.39. The maximum absolute atomic E-state index is 12.1. The van der Waals surface area contributed by atoms with Crippen molar-refractivity contribution >= 4 is 33.1 Å². The molecule has 0 saturated heterocycles. The zero-order chi connectivity index (χ0) is 13.9. The molecule has 7 heteroatoms. The Bertz CT molecular complexity index is 675. The highest BCUT2D eigenvalue weighted by Crippen LogP contribution is 2.23. The predicted molar refractivity (Wildman–Crippen MR) is 76.0 cm³/mol. The number of para-hydroxylation sites is 1. The SMILES string of the molecule is CNc1ncc(S(=O)(=O)Nc2ccccc2)cc1Cl. The molecule has 0 atom stereocenters. The summed E-state index contributed by atoms with van der Waals surface area (Å²) >= 11 is 5.92. The van der Waals surface area contributed by atoms with Crippen LogP contribution in [-0.2, 0) is 10.0 Å². The molecule has 0 saturated carbocycles. The van der Waals surface area contributed by atoms with Gasteiger partial charge in [0.15, 0.2) is 0 Å². The Balaban J connectivity index is 2.32. The highest BCUT2D eigenvalue weighted by atomic mass is 35.5. The van der Waals surface area contributed by atoms with Gasteiger partial charge in [-0.15, -0.1) is 0 Å². The van der Waals surface area contributed by atoms with Crippen LogP contribution in [0, 0.1) is 0 Å². The van der Waals surface area contributed by atoms with Crippen LogP contribution >= 0.6 is 11.6 Å². The van der Waals surface area contributed by atoms with Crippen LogP contribution in [-0.4, -0.2) is 20.4 Å². The summed E-state index contributed by atoms with van der Waals surface area (Å²) in [6.07, 6.45) is 1.25. The fourth-order valence-electron chi connectivity index (χ4n) is 1.47. The number of rotatable bonds is 4. The Morgan fingerprint density at radius 3 is 2.47 bits per heavy atom. The molecule has 0 unspecified atom stereocenters. The van der Waals surface area contributed by atoms with Gasteiger partial charge in [-0.25, -0.2) is 13.4 Å². The van der Waals surface area contributed by atoms with Gasteiger partial charge in [-0.3, -0.25) is 4.72 Å². The lowest BCUT2D eigenvalue weighted by Gasteiger charge is -2.09. The molecule has 0 radical (unpaired) electrons. The number of halogens is 1.